The highest BCUT2D eigenvalue weighted by atomic mass is 35.5. The zero-order valence-corrected chi connectivity index (χ0v) is 19.6. The molecule has 0 saturated carbocycles. The quantitative estimate of drug-likeness (QED) is 0.547. The van der Waals surface area contributed by atoms with Crippen molar-refractivity contribution < 1.29 is 9.59 Å². The maximum Gasteiger partial charge on any atom is 0.272 e. The SMILES string of the molecule is C=C(S/C=C(\N)C(=O)N1CCN2C(=O)c3ccncc3C12c1ccc(Cl)cc1)c1cccnc1. The van der Waals surface area contributed by atoms with Gasteiger partial charge in [0.05, 0.1) is 5.56 Å². The molecular weight excluding hydrogens is 470 g/mol. The number of hydrogen-bond acceptors (Lipinski definition) is 6. The smallest absolute Gasteiger partial charge is 0.272 e. The van der Waals surface area contributed by atoms with Crippen molar-refractivity contribution in [1.29, 1.82) is 0 Å². The third kappa shape index (κ3) is 3.38. The third-order valence-corrected chi connectivity index (χ3v) is 7.20. The lowest BCUT2D eigenvalue weighted by Gasteiger charge is -2.40. The number of thioether (sulfide) groups is 1. The van der Waals surface area contributed by atoms with Gasteiger partial charge in [0, 0.05) is 69.9 Å². The lowest BCUT2D eigenvalue weighted by molar-refractivity contribution is -0.132. The van der Waals surface area contributed by atoms with Crippen molar-refractivity contribution in [2.75, 3.05) is 13.1 Å². The molecule has 1 atom stereocenters. The lowest BCUT2D eigenvalue weighted by Crippen LogP contribution is -2.52. The predicted molar refractivity (Wildman–Crippen MR) is 132 cm³/mol. The van der Waals surface area contributed by atoms with Gasteiger partial charge in [-0.2, -0.15) is 0 Å². The number of carbonyl (C=O) groups excluding carboxylic acids is 2. The Hall–Kier alpha value is -3.62. The molecule has 1 unspecified atom stereocenters. The Labute approximate surface area is 205 Å². The zero-order chi connectivity index (χ0) is 23.9. The van der Waals surface area contributed by atoms with Gasteiger partial charge in [0.1, 0.15) is 5.70 Å². The van der Waals surface area contributed by atoms with Crippen molar-refractivity contribution in [3.8, 4) is 0 Å². The molecule has 9 heteroatoms. The third-order valence-electron chi connectivity index (χ3n) is 6.05. The number of fused-ring (bicyclic) bond motifs is 3. The molecule has 2 N–H and O–H groups in total. The average Bonchev–Trinajstić information content (AvgIpc) is 3.38. The van der Waals surface area contributed by atoms with Crippen LogP contribution in [0.1, 0.15) is 27.0 Å². The summed E-state index contributed by atoms with van der Waals surface area (Å²) in [5.41, 5.74) is 7.92. The van der Waals surface area contributed by atoms with Crippen molar-refractivity contribution in [2.24, 2.45) is 5.73 Å². The molecule has 2 aliphatic rings. The van der Waals surface area contributed by atoms with Crippen molar-refractivity contribution in [2.45, 2.75) is 5.66 Å². The standard InChI is InChI=1S/C25H20ClN5O2S/c1-16(17-3-2-9-28-13-17)34-15-22(27)24(33)31-12-11-30-23(32)20-8-10-29-14-21(20)25(30,31)18-4-6-19(26)7-5-18/h2-10,13-15H,1,11-12,27H2/b22-15-. The Kier molecular flexibility index (Phi) is 5.63. The maximum atomic E-state index is 13.7. The molecule has 2 aromatic heterocycles. The van der Waals surface area contributed by atoms with Crippen LogP contribution in [-0.2, 0) is 10.5 Å². The minimum absolute atomic E-state index is 0.0509. The van der Waals surface area contributed by atoms with Crippen LogP contribution in [0.2, 0.25) is 5.02 Å². The minimum Gasteiger partial charge on any atom is -0.394 e. The second-order valence-corrected chi connectivity index (χ2v) is 9.27. The molecule has 0 spiro atoms. The molecule has 1 saturated heterocycles. The van der Waals surface area contributed by atoms with E-state index in [1.54, 1.807) is 58.2 Å². The maximum absolute atomic E-state index is 13.7. The first kappa shape index (κ1) is 22.2. The summed E-state index contributed by atoms with van der Waals surface area (Å²) in [4.78, 5) is 39.4. The Morgan fingerprint density at radius 2 is 1.88 bits per heavy atom. The fourth-order valence-corrected chi connectivity index (χ4v) is 5.30. The first-order chi connectivity index (χ1) is 16.4. The van der Waals surface area contributed by atoms with Crippen LogP contribution < -0.4 is 5.73 Å². The fraction of sp³-hybridized carbons (Fsp3) is 0.120. The van der Waals surface area contributed by atoms with Gasteiger partial charge in [0.2, 0.25) is 0 Å². The van der Waals surface area contributed by atoms with Gasteiger partial charge in [-0.15, -0.1) is 0 Å². The van der Waals surface area contributed by atoms with Crippen LogP contribution in [0.5, 0.6) is 0 Å². The fourth-order valence-electron chi connectivity index (χ4n) is 4.55. The van der Waals surface area contributed by atoms with Gasteiger partial charge in [-0.3, -0.25) is 19.6 Å². The summed E-state index contributed by atoms with van der Waals surface area (Å²) >= 11 is 7.39. The summed E-state index contributed by atoms with van der Waals surface area (Å²) in [5.74, 6) is -0.530. The molecule has 34 heavy (non-hydrogen) atoms. The number of aromatic nitrogens is 2. The van der Waals surface area contributed by atoms with E-state index in [-0.39, 0.29) is 17.5 Å². The molecule has 1 fully saturated rings. The van der Waals surface area contributed by atoms with Crippen LogP contribution in [-0.4, -0.2) is 44.7 Å². The lowest BCUT2D eigenvalue weighted by atomic mass is 9.91. The first-order valence-electron chi connectivity index (χ1n) is 10.5. The van der Waals surface area contributed by atoms with Crippen molar-refractivity contribution >= 4 is 40.1 Å². The van der Waals surface area contributed by atoms with Crippen molar-refractivity contribution in [3.05, 3.63) is 112 Å². The molecule has 3 aromatic rings. The van der Waals surface area contributed by atoms with E-state index in [1.807, 2.05) is 24.3 Å². The molecule has 2 aliphatic heterocycles. The number of rotatable bonds is 5. The number of amides is 2. The number of nitrogens with zero attached hydrogens (tertiary/aromatic N) is 4. The van der Waals surface area contributed by atoms with E-state index in [0.29, 0.717) is 34.1 Å². The van der Waals surface area contributed by atoms with Crippen LogP contribution in [0, 0.1) is 0 Å². The van der Waals surface area contributed by atoms with E-state index < -0.39 is 5.66 Å². The number of pyridine rings is 2. The molecule has 0 bridgehead atoms. The number of hydrogen-bond donors (Lipinski definition) is 1. The molecule has 7 nitrogen and oxygen atoms in total. The van der Waals surface area contributed by atoms with E-state index >= 15 is 0 Å². The number of benzene rings is 1. The first-order valence-corrected chi connectivity index (χ1v) is 11.8. The monoisotopic (exact) mass is 489 g/mol. The Bertz CT molecular complexity index is 1330. The van der Waals surface area contributed by atoms with E-state index in [9.17, 15) is 9.59 Å². The van der Waals surface area contributed by atoms with E-state index in [1.165, 1.54) is 11.8 Å². The second-order valence-electron chi connectivity index (χ2n) is 7.87. The topological polar surface area (TPSA) is 92.4 Å². The molecular formula is C25H20ClN5O2S. The van der Waals surface area contributed by atoms with Gasteiger partial charge in [-0.1, -0.05) is 48.1 Å². The Morgan fingerprint density at radius 3 is 2.62 bits per heavy atom. The predicted octanol–water partition coefficient (Wildman–Crippen LogP) is 3.83. The molecule has 5 rings (SSSR count). The highest BCUT2D eigenvalue weighted by Crippen LogP contribution is 2.49. The molecule has 0 radical (unpaired) electrons. The summed E-state index contributed by atoms with van der Waals surface area (Å²) in [6.45, 7) is 4.73. The van der Waals surface area contributed by atoms with Crippen LogP contribution in [0.15, 0.2) is 84.9 Å². The van der Waals surface area contributed by atoms with Crippen LogP contribution >= 0.6 is 23.4 Å². The molecule has 2 amide bonds. The summed E-state index contributed by atoms with van der Waals surface area (Å²) in [7, 11) is 0. The van der Waals surface area contributed by atoms with Gasteiger partial charge in [-0.25, -0.2) is 0 Å². The second kappa shape index (κ2) is 8.62. The van der Waals surface area contributed by atoms with Crippen LogP contribution in [0.4, 0.5) is 0 Å². The van der Waals surface area contributed by atoms with Gasteiger partial charge < -0.3 is 15.5 Å². The highest BCUT2D eigenvalue weighted by Gasteiger charge is 2.60. The largest absolute Gasteiger partial charge is 0.394 e. The molecule has 0 aliphatic carbocycles. The minimum atomic E-state index is -1.15. The summed E-state index contributed by atoms with van der Waals surface area (Å²) in [6, 6.07) is 12.5. The van der Waals surface area contributed by atoms with Crippen LogP contribution in [0.3, 0.4) is 0 Å². The number of halogens is 1. The van der Waals surface area contributed by atoms with Gasteiger partial charge in [0.15, 0.2) is 5.66 Å². The summed E-state index contributed by atoms with van der Waals surface area (Å²) in [5, 5.41) is 2.14. The van der Waals surface area contributed by atoms with Gasteiger partial charge in [-0.05, 0) is 24.3 Å². The van der Waals surface area contributed by atoms with Gasteiger partial charge in [0.25, 0.3) is 11.8 Å². The summed E-state index contributed by atoms with van der Waals surface area (Å²) in [6.07, 6.45) is 6.60. The van der Waals surface area contributed by atoms with Gasteiger partial charge >= 0.3 is 0 Å². The number of nitrogens with two attached hydrogens (primary N) is 1. The molecule has 1 aromatic carbocycles. The Morgan fingerprint density at radius 1 is 1.12 bits per heavy atom. The van der Waals surface area contributed by atoms with Crippen LogP contribution in [0.25, 0.3) is 4.91 Å². The number of carbonyl (C=O) groups is 2. The average molecular weight is 490 g/mol. The highest BCUT2D eigenvalue weighted by molar-refractivity contribution is 8.10. The van der Waals surface area contributed by atoms with Crippen molar-refractivity contribution in [1.82, 2.24) is 19.8 Å². The van der Waals surface area contributed by atoms with E-state index in [4.69, 9.17) is 17.3 Å². The molecule has 170 valence electrons. The van der Waals surface area contributed by atoms with Crippen molar-refractivity contribution in [3.63, 3.8) is 0 Å². The zero-order valence-electron chi connectivity index (χ0n) is 18.0. The Balaban J connectivity index is 1.54. The van der Waals surface area contributed by atoms with E-state index in [2.05, 4.69) is 16.5 Å². The normalized spacial score (nSPS) is 19.2. The molecule has 4 heterocycles. The van der Waals surface area contributed by atoms with E-state index in [0.717, 1.165) is 11.1 Å². The summed E-state index contributed by atoms with van der Waals surface area (Å²) < 4.78 is 0.